The average molecular weight is 626 g/mol. The number of ether oxygens (including phenoxy) is 3. The van der Waals surface area contributed by atoms with Crippen molar-refractivity contribution in [1.29, 1.82) is 0 Å². The fourth-order valence-electron chi connectivity index (χ4n) is 8.98. The molecule has 0 N–H and O–H groups in total. The molecule has 1 aromatic heterocycles. The molecule has 43 heavy (non-hydrogen) atoms. The number of carbonyl (C=O) groups is 3. The maximum Gasteiger partial charge on any atom is 0.306 e. The van der Waals surface area contributed by atoms with Gasteiger partial charge in [0.15, 0.2) is 24.3 Å². The van der Waals surface area contributed by atoms with E-state index in [2.05, 4.69) is 31.8 Å². The molecule has 5 aliphatic rings. The molecule has 232 valence electrons. The SMILES string of the molecule is CCCC1O[C@@H]2C[C@H]3[C@@H]4CCC5=CC(=O)C=C[C@]5(C)[C@H]4CC[C@]3(C)[C@]2(C(=O)COC(=O)CCCSSc2ccccn2)O1. The highest BCUT2D eigenvalue weighted by molar-refractivity contribution is 8.76. The molecule has 0 amide bonds. The fraction of sp³-hybridized carbons (Fsp3) is 0.647. The van der Waals surface area contributed by atoms with E-state index >= 15 is 0 Å². The number of Topliss-reactive ketones (excluding diaryl/α,β-unsaturated/α-hetero) is 1. The van der Waals surface area contributed by atoms with Crippen LogP contribution in [-0.2, 0) is 28.6 Å². The maximum atomic E-state index is 14.2. The van der Waals surface area contributed by atoms with Gasteiger partial charge in [0.05, 0.1) is 6.10 Å². The third kappa shape index (κ3) is 5.46. The summed E-state index contributed by atoms with van der Waals surface area (Å²) in [7, 11) is 3.25. The minimum atomic E-state index is -1.10. The first-order valence-electron chi connectivity index (χ1n) is 15.9. The van der Waals surface area contributed by atoms with Gasteiger partial charge in [-0.25, -0.2) is 4.98 Å². The summed E-state index contributed by atoms with van der Waals surface area (Å²) in [4.78, 5) is 43.4. The molecule has 9 heteroatoms. The summed E-state index contributed by atoms with van der Waals surface area (Å²) >= 11 is 0. The van der Waals surface area contributed by atoms with Crippen LogP contribution in [0.25, 0.3) is 0 Å². The van der Waals surface area contributed by atoms with E-state index in [4.69, 9.17) is 14.2 Å². The van der Waals surface area contributed by atoms with Crippen molar-refractivity contribution in [2.24, 2.45) is 28.6 Å². The molecule has 1 aromatic rings. The Labute approximate surface area is 262 Å². The number of esters is 1. The van der Waals surface area contributed by atoms with E-state index in [0.29, 0.717) is 18.3 Å². The number of ketones is 2. The number of hydrogen-bond donors (Lipinski definition) is 0. The van der Waals surface area contributed by atoms with Crippen molar-refractivity contribution in [2.75, 3.05) is 12.4 Å². The van der Waals surface area contributed by atoms with Crippen LogP contribution in [0.15, 0.2) is 53.2 Å². The number of fused-ring (bicyclic) bond motifs is 7. The monoisotopic (exact) mass is 625 g/mol. The van der Waals surface area contributed by atoms with Crippen LogP contribution in [0.2, 0.25) is 0 Å². The Morgan fingerprint density at radius 1 is 1.19 bits per heavy atom. The van der Waals surface area contributed by atoms with Crippen LogP contribution in [0.4, 0.5) is 0 Å². The van der Waals surface area contributed by atoms with E-state index in [9.17, 15) is 14.4 Å². The van der Waals surface area contributed by atoms with Crippen molar-refractivity contribution in [3.8, 4) is 0 Å². The number of rotatable bonds is 11. The lowest BCUT2D eigenvalue weighted by Gasteiger charge is -2.58. The van der Waals surface area contributed by atoms with E-state index < -0.39 is 17.3 Å². The van der Waals surface area contributed by atoms with E-state index in [1.807, 2.05) is 24.3 Å². The van der Waals surface area contributed by atoms with Gasteiger partial charge in [0, 0.05) is 29.2 Å². The van der Waals surface area contributed by atoms with E-state index in [-0.39, 0.29) is 48.0 Å². The zero-order valence-corrected chi connectivity index (χ0v) is 27.1. The van der Waals surface area contributed by atoms with Gasteiger partial charge in [0.2, 0.25) is 5.78 Å². The van der Waals surface area contributed by atoms with Crippen LogP contribution >= 0.6 is 21.6 Å². The largest absolute Gasteiger partial charge is 0.458 e. The minimum Gasteiger partial charge on any atom is -0.458 e. The highest BCUT2D eigenvalue weighted by Gasteiger charge is 2.74. The Kier molecular flexibility index (Phi) is 8.99. The molecule has 2 heterocycles. The van der Waals surface area contributed by atoms with Crippen LogP contribution in [0.1, 0.15) is 78.6 Å². The van der Waals surface area contributed by atoms with Gasteiger partial charge in [-0.1, -0.05) is 55.7 Å². The molecule has 3 saturated carbocycles. The molecule has 0 bridgehead atoms. The van der Waals surface area contributed by atoms with Crippen molar-refractivity contribution in [2.45, 2.75) is 102 Å². The van der Waals surface area contributed by atoms with E-state index in [1.165, 1.54) is 5.57 Å². The predicted molar refractivity (Wildman–Crippen MR) is 167 cm³/mol. The van der Waals surface area contributed by atoms with Gasteiger partial charge in [-0.05, 0) is 97.8 Å². The topological polar surface area (TPSA) is 91.8 Å². The van der Waals surface area contributed by atoms with Crippen molar-refractivity contribution in [1.82, 2.24) is 4.98 Å². The zero-order chi connectivity index (χ0) is 30.2. The van der Waals surface area contributed by atoms with Crippen LogP contribution in [0.5, 0.6) is 0 Å². The van der Waals surface area contributed by atoms with Crippen LogP contribution in [0, 0.1) is 28.6 Å². The Balaban J connectivity index is 1.12. The molecule has 1 aliphatic heterocycles. The number of allylic oxidation sites excluding steroid dienone is 4. The molecule has 0 aromatic carbocycles. The summed E-state index contributed by atoms with van der Waals surface area (Å²) in [6.45, 7) is 6.34. The molecule has 7 nitrogen and oxygen atoms in total. The molecular weight excluding hydrogens is 583 g/mol. The smallest absolute Gasteiger partial charge is 0.306 e. The third-order valence-electron chi connectivity index (χ3n) is 11.0. The van der Waals surface area contributed by atoms with Gasteiger partial charge in [0.1, 0.15) is 5.03 Å². The molecular formula is C34H43NO6S2. The van der Waals surface area contributed by atoms with Gasteiger partial charge >= 0.3 is 5.97 Å². The van der Waals surface area contributed by atoms with Crippen molar-refractivity contribution in [3.63, 3.8) is 0 Å². The van der Waals surface area contributed by atoms with Crippen molar-refractivity contribution in [3.05, 3.63) is 48.2 Å². The van der Waals surface area contributed by atoms with Gasteiger partial charge in [-0.2, -0.15) is 0 Å². The molecule has 4 fully saturated rings. The Morgan fingerprint density at radius 2 is 2.05 bits per heavy atom. The predicted octanol–water partition coefficient (Wildman–Crippen LogP) is 6.91. The van der Waals surface area contributed by atoms with E-state index in [1.54, 1.807) is 33.9 Å². The molecule has 1 saturated heterocycles. The Hall–Kier alpha value is -1.94. The highest BCUT2D eigenvalue weighted by Crippen LogP contribution is 2.69. The Bertz CT molecular complexity index is 1300. The first kappa shape index (κ1) is 31.1. The number of hydrogen-bond acceptors (Lipinski definition) is 9. The molecule has 6 rings (SSSR count). The van der Waals surface area contributed by atoms with E-state index in [0.717, 1.165) is 55.7 Å². The molecule has 4 aliphatic carbocycles. The number of nitrogens with zero attached hydrogens (tertiary/aromatic N) is 1. The lowest BCUT2D eigenvalue weighted by Crippen LogP contribution is -2.60. The quantitative estimate of drug-likeness (QED) is 0.148. The molecule has 0 radical (unpaired) electrons. The normalized spacial score (nSPS) is 37.6. The highest BCUT2D eigenvalue weighted by atomic mass is 33.1. The molecule has 1 unspecified atom stereocenters. The Morgan fingerprint density at radius 3 is 2.84 bits per heavy atom. The van der Waals surface area contributed by atoms with Crippen LogP contribution in [0.3, 0.4) is 0 Å². The minimum absolute atomic E-state index is 0.0898. The summed E-state index contributed by atoms with van der Waals surface area (Å²) in [6.07, 6.45) is 13.8. The van der Waals surface area contributed by atoms with Gasteiger partial charge in [-0.15, -0.1) is 0 Å². The van der Waals surface area contributed by atoms with Gasteiger partial charge < -0.3 is 14.2 Å². The average Bonchev–Trinajstić information content (AvgIpc) is 3.48. The summed E-state index contributed by atoms with van der Waals surface area (Å²) in [5.74, 6) is 1.46. The molecule has 0 spiro atoms. The second-order valence-electron chi connectivity index (χ2n) is 13.3. The second-order valence-corrected chi connectivity index (χ2v) is 15.7. The first-order chi connectivity index (χ1) is 20.7. The number of aromatic nitrogens is 1. The van der Waals surface area contributed by atoms with Gasteiger partial charge in [0.25, 0.3) is 0 Å². The summed E-state index contributed by atoms with van der Waals surface area (Å²) in [5, 5.41) is 0.941. The lowest BCUT2D eigenvalue weighted by molar-refractivity contribution is -0.188. The summed E-state index contributed by atoms with van der Waals surface area (Å²) in [6, 6.07) is 5.80. The standard InChI is InChI=1S/C34H43NO6S2/c1-4-8-31-40-28-20-26-24-12-11-22-19-23(36)13-15-32(22,2)25(24)14-16-33(26,3)34(28,41-31)27(37)21-39-30(38)10-7-18-42-43-29-9-5-6-17-35-29/h5-6,9,13,15,17,19,24-26,28,31H,4,7-8,10-12,14,16,18,20-21H2,1-3H3/t24-,25+,26+,28-,31?,32+,33+,34-/m1/s1. The maximum absolute atomic E-state index is 14.2. The van der Waals surface area contributed by atoms with Gasteiger partial charge in [-0.3, -0.25) is 14.4 Å². The fourth-order valence-corrected chi connectivity index (χ4v) is 10.9. The van der Waals surface area contributed by atoms with Crippen molar-refractivity contribution >= 4 is 39.1 Å². The number of pyridine rings is 1. The zero-order valence-electron chi connectivity index (χ0n) is 25.4. The summed E-state index contributed by atoms with van der Waals surface area (Å²) < 4.78 is 18.8. The summed E-state index contributed by atoms with van der Waals surface area (Å²) in [5.41, 5.74) is -0.378. The van der Waals surface area contributed by atoms with Crippen LogP contribution in [-0.4, -0.2) is 52.9 Å². The third-order valence-corrected chi connectivity index (χ3v) is 13.4. The second kappa shape index (κ2) is 12.5. The number of carbonyl (C=O) groups excluding carboxylic acids is 3. The molecule has 8 atom stereocenters. The first-order valence-corrected chi connectivity index (χ1v) is 18.2. The lowest BCUT2D eigenvalue weighted by atomic mass is 9.47. The van der Waals surface area contributed by atoms with Crippen molar-refractivity contribution < 1.29 is 28.6 Å². The van der Waals surface area contributed by atoms with Crippen LogP contribution < -0.4 is 0 Å².